The summed E-state index contributed by atoms with van der Waals surface area (Å²) in [6, 6.07) is 0. The molecule has 0 atom stereocenters. The highest BCUT2D eigenvalue weighted by molar-refractivity contribution is 7.98. The van der Waals surface area contributed by atoms with Crippen molar-refractivity contribution >= 4 is 11.8 Å². The molecule has 1 nitrogen and oxygen atoms in total. The number of hydrogen-bond donors (Lipinski definition) is 1. The minimum absolute atomic E-state index is 0.0486. The number of aliphatic hydroxyl groups is 1. The van der Waals surface area contributed by atoms with Gasteiger partial charge in [-0.05, 0) is 11.8 Å². The number of hydrogen-bond acceptors (Lipinski definition) is 2. The molecule has 42 valence electrons. The predicted molar refractivity (Wildman–Crippen MR) is 34.6 cm³/mol. The molecule has 0 heterocycles. The summed E-state index contributed by atoms with van der Waals surface area (Å²) < 4.78 is 6.71. The zero-order valence-electron chi connectivity index (χ0n) is 5.18. The van der Waals surface area contributed by atoms with Gasteiger partial charge in [-0.1, -0.05) is 6.58 Å². The topological polar surface area (TPSA) is 20.2 Å². The fourth-order valence-electron chi connectivity index (χ4n) is 0.190. The molecule has 0 saturated heterocycles. The summed E-state index contributed by atoms with van der Waals surface area (Å²) in [4.78, 5) is 0. The first-order valence-electron chi connectivity index (χ1n) is 2.66. The van der Waals surface area contributed by atoms with Crippen molar-refractivity contribution < 1.29 is 6.48 Å². The van der Waals surface area contributed by atoms with Crippen LogP contribution in [-0.4, -0.2) is 23.7 Å². The van der Waals surface area contributed by atoms with Crippen molar-refractivity contribution in [1.82, 2.24) is 0 Å². The Morgan fingerprint density at radius 1 is 2.14 bits per heavy atom. The summed E-state index contributed by atoms with van der Waals surface area (Å²) >= 11 is 1.45. The summed E-state index contributed by atoms with van der Waals surface area (Å²) in [5, 5.41) is 8.39. The smallest absolute Gasteiger partial charge is 0.0647 e. The van der Waals surface area contributed by atoms with Crippen LogP contribution in [-0.2, 0) is 0 Å². The Labute approximate surface area is 49.8 Å². The molecule has 0 aliphatic carbocycles. The van der Waals surface area contributed by atoms with Gasteiger partial charge in [0, 0.05) is 7.12 Å². The molecule has 0 fully saturated rings. The minimum Gasteiger partial charge on any atom is -0.392 e. The van der Waals surface area contributed by atoms with Gasteiger partial charge in [-0.3, -0.25) is 0 Å². The van der Waals surface area contributed by atoms with Crippen LogP contribution in [0.25, 0.3) is 0 Å². The highest BCUT2D eigenvalue weighted by Crippen LogP contribution is 1.98. The molecule has 0 aliphatic rings. The third-order valence-electron chi connectivity index (χ3n) is 0.530. The Kier molecular flexibility index (Phi) is 3.13. The van der Waals surface area contributed by atoms with E-state index in [2.05, 4.69) is 6.58 Å². The van der Waals surface area contributed by atoms with E-state index in [4.69, 9.17) is 6.48 Å². The van der Waals surface area contributed by atoms with Crippen molar-refractivity contribution in [3.8, 4) is 0 Å². The van der Waals surface area contributed by atoms with E-state index in [1.807, 2.05) is 0 Å². The van der Waals surface area contributed by atoms with Gasteiger partial charge in [0.05, 0.1) is 6.61 Å². The molecule has 0 radical (unpaired) electrons. The molecule has 0 saturated carbocycles. The molecular formula is C5H10OS. The summed E-state index contributed by atoms with van der Waals surface area (Å²) in [5.74, 6) is 0.708. The van der Waals surface area contributed by atoms with Crippen LogP contribution in [0.3, 0.4) is 0 Å². The maximum absolute atomic E-state index is 8.39. The van der Waals surface area contributed by atoms with Gasteiger partial charge in [-0.15, -0.1) is 0 Å². The Balaban J connectivity index is 2.99. The monoisotopic (exact) mass is 120 g/mol. The van der Waals surface area contributed by atoms with Gasteiger partial charge >= 0.3 is 0 Å². The lowest BCUT2D eigenvalue weighted by Crippen LogP contribution is -1.89. The average Bonchev–Trinajstić information content (AvgIpc) is 1.83. The third kappa shape index (κ3) is 3.89. The maximum atomic E-state index is 8.39. The van der Waals surface area contributed by atoms with Crippen molar-refractivity contribution in [3.05, 3.63) is 12.2 Å². The predicted octanol–water partition coefficient (Wildman–Crippen LogP) is 0.898. The highest BCUT2D eigenvalue weighted by atomic mass is 32.2. The van der Waals surface area contributed by atoms with Crippen molar-refractivity contribution in [2.24, 2.45) is 0 Å². The van der Waals surface area contributed by atoms with Gasteiger partial charge in [-0.2, -0.15) is 11.8 Å². The summed E-state index contributed by atoms with van der Waals surface area (Å²) in [5.41, 5.74) is 0.794. The van der Waals surface area contributed by atoms with Crippen molar-refractivity contribution in [2.45, 2.75) is 0 Å². The Morgan fingerprint density at radius 3 is 3.29 bits per heavy atom. The maximum Gasteiger partial charge on any atom is 0.0647 e. The van der Waals surface area contributed by atoms with Crippen LogP contribution < -0.4 is 0 Å². The van der Waals surface area contributed by atoms with E-state index >= 15 is 0 Å². The minimum atomic E-state index is 0.0486. The van der Waals surface area contributed by atoms with E-state index in [-0.39, 0.29) is 6.61 Å². The van der Waals surface area contributed by atoms with Crippen molar-refractivity contribution in [3.63, 3.8) is 0 Å². The van der Waals surface area contributed by atoms with E-state index in [1.165, 1.54) is 11.8 Å². The second kappa shape index (κ2) is 4.22. The molecule has 0 spiro atoms. The number of thioether (sulfide) groups is 1. The first kappa shape index (κ1) is 5.19. The second-order valence-electron chi connectivity index (χ2n) is 1.26. The molecule has 0 aromatic carbocycles. The van der Waals surface area contributed by atoms with Gasteiger partial charge < -0.3 is 5.11 Å². The largest absolute Gasteiger partial charge is 0.392 e. The normalized spacial score (nSPS) is 10.7. The zero-order chi connectivity index (χ0) is 6.41. The standard InChI is InChI=1S/C5H10OS/c1-5(3-6)4-7-2/h6H,1,3-4H2,2H3/i2T. The summed E-state index contributed by atoms with van der Waals surface area (Å²) in [6.45, 7) is 3.61. The third-order valence-corrected chi connectivity index (χ3v) is 1.14. The molecular weight excluding hydrogens is 108 g/mol. The molecule has 0 unspecified atom stereocenters. The second-order valence-corrected chi connectivity index (χ2v) is 1.95. The van der Waals surface area contributed by atoms with Crippen molar-refractivity contribution in [1.29, 1.82) is 0 Å². The molecule has 2 heteroatoms. The van der Waals surface area contributed by atoms with Gasteiger partial charge in [0.2, 0.25) is 0 Å². The van der Waals surface area contributed by atoms with Crippen LogP contribution in [0, 0.1) is 0 Å². The molecule has 1 N–H and O–H groups in total. The van der Waals surface area contributed by atoms with Gasteiger partial charge in [0.15, 0.2) is 0 Å². The number of aliphatic hydroxyl groups excluding tert-OH is 1. The van der Waals surface area contributed by atoms with Gasteiger partial charge in [-0.25, -0.2) is 0 Å². The first-order chi connectivity index (χ1) is 3.81. The lowest BCUT2D eigenvalue weighted by molar-refractivity contribution is 0.332. The van der Waals surface area contributed by atoms with Gasteiger partial charge in [0.1, 0.15) is 0 Å². The average molecular weight is 120 g/mol. The van der Waals surface area contributed by atoms with Gasteiger partial charge in [0.25, 0.3) is 0 Å². The number of rotatable bonds is 3. The summed E-state index contributed by atoms with van der Waals surface area (Å²) in [7, 11) is 0. The fraction of sp³-hybridized carbons (Fsp3) is 0.600. The molecule has 0 aromatic rings. The summed E-state index contributed by atoms with van der Waals surface area (Å²) in [6.07, 6.45) is 0.346. The van der Waals surface area contributed by atoms with E-state index in [0.717, 1.165) is 5.57 Å². The molecule has 0 bridgehead atoms. The first-order valence-corrected chi connectivity index (χ1v) is 3.11. The SMILES string of the molecule is [3H]CSCC(=C)CO. The molecule has 0 aliphatic heterocycles. The molecule has 0 aromatic heterocycles. The lowest BCUT2D eigenvalue weighted by Gasteiger charge is -1.93. The van der Waals surface area contributed by atoms with Crippen LogP contribution in [0.4, 0.5) is 0 Å². The van der Waals surface area contributed by atoms with Crippen LogP contribution in [0.15, 0.2) is 12.2 Å². The van der Waals surface area contributed by atoms with E-state index in [1.54, 1.807) is 0 Å². The Morgan fingerprint density at radius 2 is 2.86 bits per heavy atom. The van der Waals surface area contributed by atoms with Crippen LogP contribution in [0.1, 0.15) is 1.37 Å². The van der Waals surface area contributed by atoms with Crippen molar-refractivity contribution in [2.75, 3.05) is 18.6 Å². The molecule has 7 heavy (non-hydrogen) atoms. The fourth-order valence-corrected chi connectivity index (χ4v) is 0.570. The lowest BCUT2D eigenvalue weighted by atomic mass is 10.4. The van der Waals surface area contributed by atoms with Crippen LogP contribution in [0.5, 0.6) is 0 Å². The van der Waals surface area contributed by atoms with Crippen LogP contribution in [0.2, 0.25) is 0 Å². The van der Waals surface area contributed by atoms with E-state index < -0.39 is 0 Å². The van der Waals surface area contributed by atoms with E-state index in [9.17, 15) is 0 Å². The Hall–Kier alpha value is 0.0500. The van der Waals surface area contributed by atoms with Crippen LogP contribution >= 0.6 is 11.8 Å². The molecule has 0 rings (SSSR count). The van der Waals surface area contributed by atoms with E-state index in [0.29, 0.717) is 12.0 Å². The molecule has 0 amide bonds. The Bertz CT molecular complexity index is 74.8. The zero-order valence-corrected chi connectivity index (χ0v) is 5.00. The quantitative estimate of drug-likeness (QED) is 0.558. The highest BCUT2D eigenvalue weighted by Gasteiger charge is 1.85.